The lowest BCUT2D eigenvalue weighted by atomic mass is 9.77. The maximum absolute atomic E-state index is 11.2. The van der Waals surface area contributed by atoms with Crippen molar-refractivity contribution >= 4 is 5.97 Å². The average Bonchev–Trinajstić information content (AvgIpc) is 3.14. The first-order valence-corrected chi connectivity index (χ1v) is 17.6. The lowest BCUT2D eigenvalue weighted by Crippen LogP contribution is -2.28. The van der Waals surface area contributed by atoms with Crippen LogP contribution in [0, 0.1) is 5.41 Å². The fourth-order valence-corrected chi connectivity index (χ4v) is 6.00. The maximum atomic E-state index is 11.2. The zero-order chi connectivity index (χ0) is 35.4. The molecule has 0 radical (unpaired) electrons. The van der Waals surface area contributed by atoms with E-state index in [4.69, 9.17) is 4.74 Å². The number of carboxylic acid groups (broad SMARTS) is 1. The summed E-state index contributed by atoms with van der Waals surface area (Å²) in [5.41, 5.74) is 4.50. The van der Waals surface area contributed by atoms with Crippen LogP contribution in [0.3, 0.4) is 0 Å². The van der Waals surface area contributed by atoms with Crippen LogP contribution in [0.4, 0.5) is 0 Å². The van der Waals surface area contributed by atoms with E-state index >= 15 is 0 Å². The van der Waals surface area contributed by atoms with Crippen LogP contribution in [0.1, 0.15) is 133 Å². The number of pyridine rings is 3. The fourth-order valence-electron chi connectivity index (χ4n) is 6.00. The molecule has 260 valence electrons. The smallest absolute Gasteiger partial charge is 0.309 e. The molecule has 0 bridgehead atoms. The highest BCUT2D eigenvalue weighted by Crippen LogP contribution is 2.34. The van der Waals surface area contributed by atoms with Crippen LogP contribution in [-0.4, -0.2) is 39.2 Å². The summed E-state index contributed by atoms with van der Waals surface area (Å²) in [5.74, 6) is 1.21. The standard InChI is InChI=1S/C17H21N.C13H19NO2.C12H19NO/c1-3-15(16-9-5-4-6-10-16)13-14(2)17-11-7-8-12-18-17;1-4-13(3,12(15)16)9-10(2)11-5-7-14-8-6-11;1-4-12(14-3)9-10(2)11-5-7-13-8-6-11/h4-12,14-15H,3,13H2,1-2H3;5-8,10H,4,9H2,1-3H3,(H,15,16);5-8,10,12H,4,9H2,1-3H3. The molecule has 4 rings (SSSR count). The molecule has 0 spiro atoms. The summed E-state index contributed by atoms with van der Waals surface area (Å²) >= 11 is 0. The number of hydrogen-bond acceptors (Lipinski definition) is 5. The summed E-state index contributed by atoms with van der Waals surface area (Å²) in [5, 5.41) is 9.22. The lowest BCUT2D eigenvalue weighted by Gasteiger charge is -2.26. The molecular formula is C42H59N3O3. The summed E-state index contributed by atoms with van der Waals surface area (Å²) in [7, 11) is 1.79. The quantitative estimate of drug-likeness (QED) is 0.137. The van der Waals surface area contributed by atoms with Crippen LogP contribution in [0.15, 0.2) is 104 Å². The van der Waals surface area contributed by atoms with Gasteiger partial charge < -0.3 is 9.84 Å². The Kier molecular flexibility index (Phi) is 18.4. The second kappa shape index (κ2) is 21.9. The summed E-state index contributed by atoms with van der Waals surface area (Å²) in [6.07, 6.45) is 15.3. The number of benzene rings is 1. The van der Waals surface area contributed by atoms with E-state index in [1.54, 1.807) is 19.5 Å². The molecule has 0 fully saturated rings. The largest absolute Gasteiger partial charge is 0.481 e. The van der Waals surface area contributed by atoms with E-state index < -0.39 is 11.4 Å². The van der Waals surface area contributed by atoms with Crippen LogP contribution in [-0.2, 0) is 9.53 Å². The van der Waals surface area contributed by atoms with Gasteiger partial charge in [-0.15, -0.1) is 0 Å². The number of hydrogen-bond donors (Lipinski definition) is 1. The Morgan fingerprint density at radius 2 is 1.27 bits per heavy atom. The molecule has 0 saturated carbocycles. The second-order valence-electron chi connectivity index (χ2n) is 13.2. The minimum atomic E-state index is -0.712. The van der Waals surface area contributed by atoms with Gasteiger partial charge in [0.1, 0.15) is 0 Å². The molecule has 3 heterocycles. The van der Waals surface area contributed by atoms with Crippen molar-refractivity contribution in [2.45, 2.75) is 117 Å². The Hall–Kier alpha value is -3.90. The van der Waals surface area contributed by atoms with Crippen molar-refractivity contribution in [1.82, 2.24) is 15.0 Å². The minimum absolute atomic E-state index is 0.240. The Morgan fingerprint density at radius 1 is 0.708 bits per heavy atom. The van der Waals surface area contributed by atoms with Gasteiger partial charge in [-0.3, -0.25) is 19.7 Å². The molecular weight excluding hydrogens is 594 g/mol. The Balaban J connectivity index is 0.000000252. The van der Waals surface area contributed by atoms with E-state index in [1.165, 1.54) is 23.2 Å². The van der Waals surface area contributed by atoms with Gasteiger partial charge in [-0.05, 0) is 122 Å². The molecule has 0 aliphatic heterocycles. The summed E-state index contributed by atoms with van der Waals surface area (Å²) in [6, 6.07) is 25.0. The number of ether oxygens (including phenoxy) is 1. The number of nitrogens with zero attached hydrogens (tertiary/aromatic N) is 3. The molecule has 4 aromatic rings. The van der Waals surface area contributed by atoms with Crippen molar-refractivity contribution in [2.75, 3.05) is 7.11 Å². The first-order chi connectivity index (χ1) is 23.1. The van der Waals surface area contributed by atoms with Crippen molar-refractivity contribution in [2.24, 2.45) is 5.41 Å². The van der Waals surface area contributed by atoms with Crippen molar-refractivity contribution in [3.63, 3.8) is 0 Å². The molecule has 6 heteroatoms. The molecule has 1 aromatic carbocycles. The highest BCUT2D eigenvalue weighted by molar-refractivity contribution is 5.74. The monoisotopic (exact) mass is 653 g/mol. The van der Waals surface area contributed by atoms with Crippen molar-refractivity contribution < 1.29 is 14.6 Å². The SMILES string of the molecule is CCC(C)(CC(C)c1ccncc1)C(=O)O.CCC(CC(C)c1ccccn1)c1ccccc1.CCC(CC(C)c1ccncc1)OC. The first-order valence-electron chi connectivity index (χ1n) is 17.6. The predicted octanol–water partition coefficient (Wildman–Crippen LogP) is 10.8. The molecule has 0 saturated heterocycles. The van der Waals surface area contributed by atoms with Gasteiger partial charge in [-0.1, -0.05) is 77.9 Å². The van der Waals surface area contributed by atoms with E-state index in [-0.39, 0.29) is 5.92 Å². The van der Waals surface area contributed by atoms with Crippen molar-refractivity contribution in [3.8, 4) is 0 Å². The predicted molar refractivity (Wildman–Crippen MR) is 198 cm³/mol. The molecule has 0 aliphatic rings. The molecule has 0 aliphatic carbocycles. The molecule has 1 N–H and O–H groups in total. The van der Waals surface area contributed by atoms with Gasteiger partial charge >= 0.3 is 5.97 Å². The topological polar surface area (TPSA) is 85.2 Å². The van der Waals surface area contributed by atoms with E-state index in [1.807, 2.05) is 50.6 Å². The fraction of sp³-hybridized carbons (Fsp3) is 0.476. The van der Waals surface area contributed by atoms with Crippen LogP contribution >= 0.6 is 0 Å². The van der Waals surface area contributed by atoms with Gasteiger partial charge in [0.15, 0.2) is 0 Å². The third kappa shape index (κ3) is 13.7. The third-order valence-corrected chi connectivity index (χ3v) is 9.60. The zero-order valence-electron chi connectivity index (χ0n) is 30.5. The first kappa shape index (κ1) is 40.3. The molecule has 48 heavy (non-hydrogen) atoms. The van der Waals surface area contributed by atoms with Gasteiger partial charge in [0.25, 0.3) is 0 Å². The molecule has 6 nitrogen and oxygen atoms in total. The van der Waals surface area contributed by atoms with Crippen molar-refractivity contribution in [3.05, 3.63) is 126 Å². The van der Waals surface area contributed by atoms with E-state index in [0.29, 0.717) is 36.7 Å². The van der Waals surface area contributed by atoms with Gasteiger partial charge in [-0.2, -0.15) is 0 Å². The summed E-state index contributed by atoms with van der Waals surface area (Å²) in [4.78, 5) is 23.6. The molecule has 0 amide bonds. The highest BCUT2D eigenvalue weighted by Gasteiger charge is 2.33. The third-order valence-electron chi connectivity index (χ3n) is 9.60. The summed E-state index contributed by atoms with van der Waals surface area (Å²) < 4.78 is 5.38. The van der Waals surface area contributed by atoms with E-state index in [2.05, 4.69) is 104 Å². The van der Waals surface area contributed by atoms with E-state index in [0.717, 1.165) is 24.8 Å². The number of carboxylic acids is 1. The molecule has 6 atom stereocenters. The van der Waals surface area contributed by atoms with Gasteiger partial charge in [-0.25, -0.2) is 0 Å². The lowest BCUT2D eigenvalue weighted by molar-refractivity contribution is -0.148. The van der Waals surface area contributed by atoms with Crippen molar-refractivity contribution in [1.29, 1.82) is 0 Å². The van der Waals surface area contributed by atoms with Crippen LogP contribution < -0.4 is 0 Å². The highest BCUT2D eigenvalue weighted by atomic mass is 16.5. The maximum Gasteiger partial charge on any atom is 0.309 e. The molecule has 6 unspecified atom stereocenters. The Bertz CT molecular complexity index is 1390. The van der Waals surface area contributed by atoms with Crippen LogP contribution in [0.5, 0.6) is 0 Å². The minimum Gasteiger partial charge on any atom is -0.481 e. The van der Waals surface area contributed by atoms with E-state index in [9.17, 15) is 9.90 Å². The van der Waals surface area contributed by atoms with Crippen LogP contribution in [0.2, 0.25) is 0 Å². The van der Waals surface area contributed by atoms with Crippen LogP contribution in [0.25, 0.3) is 0 Å². The number of aromatic nitrogens is 3. The van der Waals surface area contributed by atoms with Gasteiger partial charge in [0.2, 0.25) is 0 Å². The number of carbonyl (C=O) groups is 1. The number of rotatable bonds is 15. The average molecular weight is 654 g/mol. The second-order valence-corrected chi connectivity index (χ2v) is 13.2. The van der Waals surface area contributed by atoms with Gasteiger partial charge in [0, 0.05) is 43.8 Å². The normalized spacial score (nSPS) is 15.2. The number of aliphatic carboxylic acids is 1. The molecule has 3 aromatic heterocycles. The zero-order valence-corrected chi connectivity index (χ0v) is 30.5. The Labute approximate surface area is 290 Å². The van der Waals surface area contributed by atoms with Gasteiger partial charge in [0.05, 0.1) is 11.5 Å². The summed E-state index contributed by atoms with van der Waals surface area (Å²) in [6.45, 7) is 14.7. The number of methoxy groups -OCH3 is 1. The Morgan fingerprint density at radius 3 is 1.73 bits per heavy atom.